The minimum atomic E-state index is 0.598. The van der Waals surface area contributed by atoms with E-state index in [1.165, 1.54) is 12.8 Å². The Morgan fingerprint density at radius 3 is 2.76 bits per heavy atom. The standard InChI is InChI=1S/C17H28N2O2/c1-4-15-13-19(14(2)9-10-18-15)11-12-21-17-8-6-5-7-16(17)20-3/h5-8,14-15,18H,4,9-13H2,1-3H3. The highest BCUT2D eigenvalue weighted by molar-refractivity contribution is 5.39. The third kappa shape index (κ3) is 4.61. The second-order valence-electron chi connectivity index (χ2n) is 5.69. The molecule has 0 radical (unpaired) electrons. The van der Waals surface area contributed by atoms with Crippen molar-refractivity contribution < 1.29 is 9.47 Å². The maximum atomic E-state index is 5.90. The Hall–Kier alpha value is -1.26. The summed E-state index contributed by atoms with van der Waals surface area (Å²) in [6.07, 6.45) is 2.38. The first-order valence-corrected chi connectivity index (χ1v) is 7.97. The molecule has 1 saturated heterocycles. The predicted octanol–water partition coefficient (Wildman–Crippen LogP) is 2.54. The summed E-state index contributed by atoms with van der Waals surface area (Å²) in [7, 11) is 1.68. The molecule has 4 nitrogen and oxygen atoms in total. The van der Waals surface area contributed by atoms with Crippen LogP contribution in [0.1, 0.15) is 26.7 Å². The van der Waals surface area contributed by atoms with Gasteiger partial charge in [-0.15, -0.1) is 0 Å². The Balaban J connectivity index is 1.86. The zero-order valence-electron chi connectivity index (χ0n) is 13.5. The third-order valence-electron chi connectivity index (χ3n) is 4.27. The first-order valence-electron chi connectivity index (χ1n) is 7.97. The zero-order valence-corrected chi connectivity index (χ0v) is 13.5. The van der Waals surface area contributed by atoms with E-state index < -0.39 is 0 Å². The molecule has 0 amide bonds. The van der Waals surface area contributed by atoms with Crippen LogP contribution < -0.4 is 14.8 Å². The molecule has 1 aliphatic heterocycles. The van der Waals surface area contributed by atoms with E-state index in [1.54, 1.807) is 7.11 Å². The van der Waals surface area contributed by atoms with Gasteiger partial charge in [0, 0.05) is 25.2 Å². The van der Waals surface area contributed by atoms with E-state index >= 15 is 0 Å². The Morgan fingerprint density at radius 2 is 2.05 bits per heavy atom. The van der Waals surface area contributed by atoms with E-state index in [9.17, 15) is 0 Å². The molecule has 0 aromatic heterocycles. The summed E-state index contributed by atoms with van der Waals surface area (Å²) in [5.74, 6) is 1.63. The van der Waals surface area contributed by atoms with Crippen LogP contribution in [0, 0.1) is 0 Å². The molecule has 2 atom stereocenters. The van der Waals surface area contributed by atoms with Crippen LogP contribution in [-0.2, 0) is 0 Å². The Labute approximate surface area is 128 Å². The molecule has 1 N–H and O–H groups in total. The van der Waals surface area contributed by atoms with Gasteiger partial charge in [-0.3, -0.25) is 4.90 Å². The first kappa shape index (κ1) is 16.1. The van der Waals surface area contributed by atoms with E-state index in [1.807, 2.05) is 24.3 Å². The molecule has 0 aliphatic carbocycles. The van der Waals surface area contributed by atoms with Crippen molar-refractivity contribution in [2.24, 2.45) is 0 Å². The van der Waals surface area contributed by atoms with Gasteiger partial charge in [-0.05, 0) is 38.4 Å². The molecule has 0 saturated carbocycles. The van der Waals surface area contributed by atoms with Gasteiger partial charge in [0.1, 0.15) is 6.61 Å². The SMILES string of the molecule is CCC1CN(CCOc2ccccc2OC)C(C)CCN1. The molecule has 1 aliphatic rings. The lowest BCUT2D eigenvalue weighted by Crippen LogP contribution is -2.41. The summed E-state index contributed by atoms with van der Waals surface area (Å²) in [6, 6.07) is 9.03. The van der Waals surface area contributed by atoms with Gasteiger partial charge in [-0.25, -0.2) is 0 Å². The lowest BCUT2D eigenvalue weighted by Gasteiger charge is -2.28. The smallest absolute Gasteiger partial charge is 0.161 e. The summed E-state index contributed by atoms with van der Waals surface area (Å²) < 4.78 is 11.2. The second-order valence-corrected chi connectivity index (χ2v) is 5.69. The van der Waals surface area contributed by atoms with Crippen LogP contribution in [0.2, 0.25) is 0 Å². The molecule has 1 heterocycles. The summed E-state index contributed by atoms with van der Waals surface area (Å²) >= 11 is 0. The number of nitrogens with one attached hydrogen (secondary N) is 1. The number of nitrogens with zero attached hydrogens (tertiary/aromatic N) is 1. The normalized spacial score (nSPS) is 23.6. The number of methoxy groups -OCH3 is 1. The lowest BCUT2D eigenvalue weighted by molar-refractivity contribution is 0.162. The van der Waals surface area contributed by atoms with Crippen molar-refractivity contribution in [3.63, 3.8) is 0 Å². The summed E-state index contributed by atoms with van der Waals surface area (Å²) in [5, 5.41) is 3.62. The van der Waals surface area contributed by atoms with Crippen LogP contribution in [0.25, 0.3) is 0 Å². The minimum Gasteiger partial charge on any atom is -0.493 e. The molecular weight excluding hydrogens is 264 g/mol. The highest BCUT2D eigenvalue weighted by atomic mass is 16.5. The number of hydrogen-bond acceptors (Lipinski definition) is 4. The van der Waals surface area contributed by atoms with Gasteiger partial charge >= 0.3 is 0 Å². The molecule has 2 unspecified atom stereocenters. The molecule has 0 spiro atoms. The topological polar surface area (TPSA) is 33.7 Å². The van der Waals surface area contributed by atoms with Crippen LogP contribution in [0.15, 0.2) is 24.3 Å². The molecule has 1 fully saturated rings. The number of rotatable bonds is 6. The fourth-order valence-corrected chi connectivity index (χ4v) is 2.80. The molecule has 4 heteroatoms. The van der Waals surface area contributed by atoms with Crippen molar-refractivity contribution in [1.82, 2.24) is 10.2 Å². The lowest BCUT2D eigenvalue weighted by atomic mass is 10.2. The molecule has 1 aromatic carbocycles. The van der Waals surface area contributed by atoms with Crippen molar-refractivity contribution in [2.75, 3.05) is 33.4 Å². The summed E-state index contributed by atoms with van der Waals surface area (Å²) in [6.45, 7) is 8.43. The monoisotopic (exact) mass is 292 g/mol. The fraction of sp³-hybridized carbons (Fsp3) is 0.647. The first-order chi connectivity index (χ1) is 10.2. The van der Waals surface area contributed by atoms with Gasteiger partial charge in [0.05, 0.1) is 7.11 Å². The van der Waals surface area contributed by atoms with Gasteiger partial charge < -0.3 is 14.8 Å². The van der Waals surface area contributed by atoms with Gasteiger partial charge in [-0.1, -0.05) is 19.1 Å². The quantitative estimate of drug-likeness (QED) is 0.873. The van der Waals surface area contributed by atoms with Crippen LogP contribution in [0.3, 0.4) is 0 Å². The van der Waals surface area contributed by atoms with Crippen molar-refractivity contribution in [1.29, 1.82) is 0 Å². The van der Waals surface area contributed by atoms with E-state index in [-0.39, 0.29) is 0 Å². The molecule has 0 bridgehead atoms. The average Bonchev–Trinajstić information content (AvgIpc) is 2.69. The predicted molar refractivity (Wildman–Crippen MR) is 86.2 cm³/mol. The maximum Gasteiger partial charge on any atom is 0.161 e. The molecule has 1 aromatic rings. The van der Waals surface area contributed by atoms with E-state index in [0.29, 0.717) is 18.7 Å². The van der Waals surface area contributed by atoms with Crippen molar-refractivity contribution in [3.8, 4) is 11.5 Å². The number of hydrogen-bond donors (Lipinski definition) is 1. The number of para-hydroxylation sites is 2. The van der Waals surface area contributed by atoms with Crippen LogP contribution >= 0.6 is 0 Å². The van der Waals surface area contributed by atoms with Crippen LogP contribution in [0.4, 0.5) is 0 Å². The molecule has 118 valence electrons. The van der Waals surface area contributed by atoms with Crippen LogP contribution in [-0.4, -0.2) is 50.3 Å². The maximum absolute atomic E-state index is 5.90. The van der Waals surface area contributed by atoms with E-state index in [4.69, 9.17) is 9.47 Å². The highest BCUT2D eigenvalue weighted by Gasteiger charge is 2.21. The average molecular weight is 292 g/mol. The molecular formula is C17H28N2O2. The largest absolute Gasteiger partial charge is 0.493 e. The Morgan fingerprint density at radius 1 is 1.29 bits per heavy atom. The Kier molecular flexibility index (Phi) is 6.33. The van der Waals surface area contributed by atoms with Crippen molar-refractivity contribution >= 4 is 0 Å². The zero-order chi connectivity index (χ0) is 15.1. The van der Waals surface area contributed by atoms with Crippen molar-refractivity contribution in [3.05, 3.63) is 24.3 Å². The van der Waals surface area contributed by atoms with E-state index in [0.717, 1.165) is 31.1 Å². The third-order valence-corrected chi connectivity index (χ3v) is 4.27. The van der Waals surface area contributed by atoms with Crippen LogP contribution in [0.5, 0.6) is 11.5 Å². The van der Waals surface area contributed by atoms with Gasteiger partial charge in [-0.2, -0.15) is 0 Å². The molecule has 2 rings (SSSR count). The minimum absolute atomic E-state index is 0.598. The van der Waals surface area contributed by atoms with Gasteiger partial charge in [0.2, 0.25) is 0 Å². The summed E-state index contributed by atoms with van der Waals surface area (Å²) in [5.41, 5.74) is 0. The second kappa shape index (κ2) is 8.25. The number of benzene rings is 1. The van der Waals surface area contributed by atoms with Crippen molar-refractivity contribution in [2.45, 2.75) is 38.8 Å². The Bertz CT molecular complexity index is 425. The van der Waals surface area contributed by atoms with E-state index in [2.05, 4.69) is 24.1 Å². The van der Waals surface area contributed by atoms with Gasteiger partial charge in [0.15, 0.2) is 11.5 Å². The number of ether oxygens (including phenoxy) is 2. The highest BCUT2D eigenvalue weighted by Crippen LogP contribution is 2.25. The van der Waals surface area contributed by atoms with Gasteiger partial charge in [0.25, 0.3) is 0 Å². The summed E-state index contributed by atoms with van der Waals surface area (Å²) in [4.78, 5) is 2.53. The fourth-order valence-electron chi connectivity index (χ4n) is 2.80. The molecule has 21 heavy (non-hydrogen) atoms.